The number of carboxylic acids is 2. The molecule has 11 heteroatoms. The summed E-state index contributed by atoms with van der Waals surface area (Å²) in [6, 6.07) is 13.5. The zero-order chi connectivity index (χ0) is 21.1. The third kappa shape index (κ3) is 15.2. The van der Waals surface area contributed by atoms with Gasteiger partial charge in [-0.05, 0) is 48.5 Å². The molecule has 0 aliphatic rings. The van der Waals surface area contributed by atoms with Crippen LogP contribution in [-0.2, 0) is 9.59 Å². The maximum atomic E-state index is 10.4. The fourth-order valence-electron chi connectivity index (χ4n) is 1.64. The molecule has 0 radical (unpaired) electrons. The zero-order valence-corrected chi connectivity index (χ0v) is 20.8. The van der Waals surface area contributed by atoms with E-state index in [-0.39, 0.29) is 61.9 Å². The van der Waals surface area contributed by atoms with Crippen molar-refractivity contribution in [2.45, 2.75) is 13.8 Å². The molecule has 4 N–H and O–H groups in total. The number of rotatable bonds is 8. The number of ether oxygens (including phenoxy) is 2. The summed E-state index contributed by atoms with van der Waals surface area (Å²) in [7, 11) is 0. The average Bonchev–Trinajstić information content (AvgIpc) is 2.67. The second-order valence-electron chi connectivity index (χ2n) is 5.97. The Kier molecular flexibility index (Phi) is 20.3. The molecule has 0 spiro atoms. The van der Waals surface area contributed by atoms with Crippen molar-refractivity contribution in [1.29, 1.82) is 0 Å². The number of hydrogen-bond acceptors (Lipinski definition) is 6. The van der Waals surface area contributed by atoms with Crippen molar-refractivity contribution in [3.05, 3.63) is 58.6 Å². The molecule has 0 amide bonds. The van der Waals surface area contributed by atoms with Crippen LogP contribution in [0.1, 0.15) is 13.8 Å². The van der Waals surface area contributed by atoms with Crippen molar-refractivity contribution < 1.29 is 40.2 Å². The van der Waals surface area contributed by atoms with E-state index in [2.05, 4.69) is 0 Å². The van der Waals surface area contributed by atoms with Crippen LogP contribution in [0.3, 0.4) is 0 Å². The van der Waals surface area contributed by atoms with Gasteiger partial charge in [-0.3, -0.25) is 0 Å². The van der Waals surface area contributed by atoms with Gasteiger partial charge in [0.05, 0.1) is 13.2 Å². The van der Waals surface area contributed by atoms with E-state index in [0.717, 1.165) is 0 Å². The van der Waals surface area contributed by atoms with E-state index in [4.69, 9.17) is 32.7 Å². The molecule has 2 aromatic carbocycles. The van der Waals surface area contributed by atoms with Crippen LogP contribution in [0.5, 0.6) is 11.5 Å². The fraction of sp³-hybridized carbons (Fsp3) is 0.300. The maximum absolute atomic E-state index is 10.4. The van der Waals surface area contributed by atoms with Crippen molar-refractivity contribution in [2.24, 2.45) is 11.8 Å². The SMILES string of the molecule is CC(COc1ccc(Cl)cc1)C(=O)[O-].CC(COc1ccc(Cl)cc1)C(=O)[O-].O.O.[Ca+2]. The smallest absolute Gasteiger partial charge is 0.550 e. The molecule has 31 heavy (non-hydrogen) atoms. The van der Waals surface area contributed by atoms with Gasteiger partial charge in [-0.15, -0.1) is 0 Å². The molecular weight excluding hydrogens is 479 g/mol. The third-order valence-electron chi connectivity index (χ3n) is 3.43. The number of aliphatic carboxylic acids is 2. The summed E-state index contributed by atoms with van der Waals surface area (Å²) < 4.78 is 10.4. The van der Waals surface area contributed by atoms with E-state index in [1.807, 2.05) is 0 Å². The van der Waals surface area contributed by atoms with E-state index in [1.165, 1.54) is 13.8 Å². The van der Waals surface area contributed by atoms with Crippen molar-refractivity contribution in [3.63, 3.8) is 0 Å². The van der Waals surface area contributed by atoms with Crippen LogP contribution in [0.25, 0.3) is 0 Å². The van der Waals surface area contributed by atoms with Gasteiger partial charge in [0.1, 0.15) is 11.5 Å². The molecule has 0 saturated carbocycles. The van der Waals surface area contributed by atoms with Crippen LogP contribution < -0.4 is 19.7 Å². The fourth-order valence-corrected chi connectivity index (χ4v) is 1.89. The van der Waals surface area contributed by atoms with Crippen molar-refractivity contribution in [2.75, 3.05) is 13.2 Å². The average molecular weight is 503 g/mol. The summed E-state index contributed by atoms with van der Waals surface area (Å²) in [4.78, 5) is 20.7. The Labute approximate surface area is 220 Å². The second-order valence-corrected chi connectivity index (χ2v) is 6.84. The van der Waals surface area contributed by atoms with Crippen LogP contribution >= 0.6 is 23.2 Å². The molecule has 2 unspecified atom stereocenters. The van der Waals surface area contributed by atoms with E-state index in [9.17, 15) is 19.8 Å². The molecule has 0 heterocycles. The number of carbonyl (C=O) groups excluding carboxylic acids is 2. The summed E-state index contributed by atoms with van der Waals surface area (Å²) in [5, 5.41) is 22.0. The van der Waals surface area contributed by atoms with Crippen LogP contribution in [-0.4, -0.2) is 73.8 Å². The van der Waals surface area contributed by atoms with E-state index in [0.29, 0.717) is 21.5 Å². The van der Waals surface area contributed by atoms with Gasteiger partial charge in [0.2, 0.25) is 0 Å². The summed E-state index contributed by atoms with van der Waals surface area (Å²) in [6.07, 6.45) is 0. The van der Waals surface area contributed by atoms with Crippen molar-refractivity contribution >= 4 is 72.9 Å². The number of carboxylic acid groups (broad SMARTS) is 2. The van der Waals surface area contributed by atoms with E-state index >= 15 is 0 Å². The first kappa shape index (κ1) is 34.4. The molecule has 0 aliphatic heterocycles. The van der Waals surface area contributed by atoms with Crippen molar-refractivity contribution in [3.8, 4) is 11.5 Å². The summed E-state index contributed by atoms with van der Waals surface area (Å²) >= 11 is 11.3. The van der Waals surface area contributed by atoms with Crippen LogP contribution in [0, 0.1) is 11.8 Å². The van der Waals surface area contributed by atoms with E-state index < -0.39 is 23.8 Å². The van der Waals surface area contributed by atoms with Gasteiger partial charge in [0, 0.05) is 33.8 Å². The van der Waals surface area contributed by atoms with Crippen molar-refractivity contribution in [1.82, 2.24) is 0 Å². The number of halogens is 2. The Morgan fingerprint density at radius 3 is 1.23 bits per heavy atom. The Morgan fingerprint density at radius 2 is 1.00 bits per heavy atom. The molecule has 0 aliphatic carbocycles. The summed E-state index contributed by atoms with van der Waals surface area (Å²) in [5.41, 5.74) is 0. The Bertz CT molecular complexity index is 691. The maximum Gasteiger partial charge on any atom is 2.00 e. The molecule has 2 atom stereocenters. The van der Waals surface area contributed by atoms with Crippen LogP contribution in [0.4, 0.5) is 0 Å². The van der Waals surface area contributed by atoms with Gasteiger partial charge < -0.3 is 40.2 Å². The molecule has 0 aromatic heterocycles. The first-order valence-corrected chi connectivity index (χ1v) is 9.13. The topological polar surface area (TPSA) is 162 Å². The Balaban J connectivity index is -0.000000461. The van der Waals surface area contributed by atoms with Crippen LogP contribution in [0.15, 0.2) is 48.5 Å². The van der Waals surface area contributed by atoms with Gasteiger partial charge in [-0.2, -0.15) is 0 Å². The Hall–Kier alpha value is -1.26. The first-order valence-electron chi connectivity index (χ1n) is 8.37. The monoisotopic (exact) mass is 502 g/mol. The quantitative estimate of drug-likeness (QED) is 0.467. The molecule has 2 aromatic rings. The summed E-state index contributed by atoms with van der Waals surface area (Å²) in [6.45, 7) is 3.27. The minimum absolute atomic E-state index is 0. The van der Waals surface area contributed by atoms with E-state index in [1.54, 1.807) is 48.5 Å². The van der Waals surface area contributed by atoms with Gasteiger partial charge in [0.15, 0.2) is 0 Å². The van der Waals surface area contributed by atoms with Gasteiger partial charge in [-0.1, -0.05) is 37.0 Å². The molecule has 0 fully saturated rings. The van der Waals surface area contributed by atoms with Gasteiger partial charge in [0.25, 0.3) is 0 Å². The van der Waals surface area contributed by atoms with Crippen LogP contribution in [0.2, 0.25) is 10.0 Å². The molecule has 2 rings (SSSR count). The predicted molar refractivity (Wildman–Crippen MR) is 115 cm³/mol. The first-order chi connectivity index (χ1) is 13.2. The van der Waals surface area contributed by atoms with Gasteiger partial charge >= 0.3 is 37.7 Å². The normalized spacial score (nSPS) is 11.0. The predicted octanol–water partition coefficient (Wildman–Crippen LogP) is 0.179. The molecule has 0 saturated heterocycles. The molecule has 168 valence electrons. The molecule has 8 nitrogen and oxygen atoms in total. The minimum atomic E-state index is -1.11. The molecular formula is C20H24CaCl2O8. The molecule has 0 bridgehead atoms. The standard InChI is InChI=1S/2C10H11ClO3.Ca.2H2O/c2*1-7(10(12)13)6-14-9-4-2-8(11)3-5-9;;;/h2*2-5,7H,6H2,1H3,(H,12,13);;2*1H2/q;;+2;;/p-2. The number of benzene rings is 2. The zero-order valence-electron chi connectivity index (χ0n) is 17.1. The summed E-state index contributed by atoms with van der Waals surface area (Å²) in [5.74, 6) is -2.26. The Morgan fingerprint density at radius 1 is 0.742 bits per heavy atom. The minimum Gasteiger partial charge on any atom is -0.550 e. The number of hydrogen-bond donors (Lipinski definition) is 0. The van der Waals surface area contributed by atoms with Gasteiger partial charge in [-0.25, -0.2) is 0 Å². The number of carbonyl (C=O) groups is 2. The largest absolute Gasteiger partial charge is 2.00 e. The second kappa shape index (κ2) is 18.3. The third-order valence-corrected chi connectivity index (χ3v) is 3.94.